The van der Waals surface area contributed by atoms with E-state index in [4.69, 9.17) is 9.72 Å². The van der Waals surface area contributed by atoms with Gasteiger partial charge in [0, 0.05) is 61.3 Å². The number of aromatic nitrogens is 2. The van der Waals surface area contributed by atoms with Crippen LogP contribution in [0.2, 0.25) is 0 Å². The quantitative estimate of drug-likeness (QED) is 0.149. The molecular formula is C52H39N4OPt-3. The zero-order chi connectivity index (χ0) is 38.5. The van der Waals surface area contributed by atoms with E-state index in [1.165, 1.54) is 16.7 Å². The van der Waals surface area contributed by atoms with Crippen LogP contribution in [0.5, 0.6) is 11.5 Å². The average molecular weight is 931 g/mol. The average Bonchev–Trinajstić information content (AvgIpc) is 3.80. The normalized spacial score (nSPS) is 12.5. The first kappa shape index (κ1) is 37.2. The second-order valence-corrected chi connectivity index (χ2v) is 15.4. The molecular weight excluding hydrogens is 892 g/mol. The van der Waals surface area contributed by atoms with Crippen LogP contribution in [-0.4, -0.2) is 9.55 Å². The van der Waals surface area contributed by atoms with E-state index in [1.807, 2.05) is 24.4 Å². The van der Waals surface area contributed by atoms with Gasteiger partial charge in [-0.3, -0.25) is 0 Å². The summed E-state index contributed by atoms with van der Waals surface area (Å²) in [4.78, 5) is 9.28. The van der Waals surface area contributed by atoms with Crippen LogP contribution in [0.25, 0.3) is 49.9 Å². The van der Waals surface area contributed by atoms with E-state index in [2.05, 4.69) is 206 Å². The molecule has 1 aliphatic heterocycles. The van der Waals surface area contributed by atoms with Crippen molar-refractivity contribution < 1.29 is 25.8 Å². The Kier molecular flexibility index (Phi) is 9.71. The molecule has 0 fully saturated rings. The van der Waals surface area contributed by atoms with Crippen molar-refractivity contribution in [1.82, 2.24) is 9.55 Å². The monoisotopic (exact) mass is 930 g/mol. The van der Waals surface area contributed by atoms with Gasteiger partial charge < -0.3 is 19.1 Å². The molecule has 6 heteroatoms. The molecule has 0 spiro atoms. The predicted octanol–water partition coefficient (Wildman–Crippen LogP) is 13.6. The number of nitrogens with zero attached hydrogens (tertiary/aromatic N) is 4. The number of hydrogen-bond donors (Lipinski definition) is 0. The maximum atomic E-state index is 6.58. The molecule has 58 heavy (non-hydrogen) atoms. The van der Waals surface area contributed by atoms with Crippen molar-refractivity contribution in [2.24, 2.45) is 0 Å². The summed E-state index contributed by atoms with van der Waals surface area (Å²) in [6, 6.07) is 66.5. The van der Waals surface area contributed by atoms with Crippen molar-refractivity contribution in [3.05, 3.63) is 200 Å². The van der Waals surface area contributed by atoms with Gasteiger partial charge in [0.15, 0.2) is 0 Å². The molecule has 10 rings (SSSR count). The van der Waals surface area contributed by atoms with E-state index in [0.717, 1.165) is 61.5 Å². The molecule has 0 atom stereocenters. The van der Waals surface area contributed by atoms with Crippen LogP contribution in [0.3, 0.4) is 0 Å². The van der Waals surface area contributed by atoms with E-state index < -0.39 is 0 Å². The Morgan fingerprint density at radius 1 is 0.552 bits per heavy atom. The summed E-state index contributed by atoms with van der Waals surface area (Å²) >= 11 is 0. The van der Waals surface area contributed by atoms with Gasteiger partial charge in [0.1, 0.15) is 5.82 Å². The van der Waals surface area contributed by atoms with Crippen molar-refractivity contribution in [3.8, 4) is 39.6 Å². The van der Waals surface area contributed by atoms with Crippen LogP contribution in [-0.2, 0) is 26.5 Å². The number of pyridine rings is 1. The molecule has 0 amide bonds. The van der Waals surface area contributed by atoms with Crippen LogP contribution in [0.4, 0.5) is 22.7 Å². The molecule has 286 valence electrons. The van der Waals surface area contributed by atoms with Crippen LogP contribution >= 0.6 is 0 Å². The van der Waals surface area contributed by atoms with Crippen molar-refractivity contribution in [2.45, 2.75) is 26.2 Å². The molecule has 0 N–H and O–H groups in total. The largest absolute Gasteiger partial charge is 0.509 e. The molecule has 0 saturated carbocycles. The zero-order valence-electron chi connectivity index (χ0n) is 32.3. The molecule has 7 aromatic carbocycles. The summed E-state index contributed by atoms with van der Waals surface area (Å²) in [5.41, 5.74) is 11.9. The number of hydrogen-bond acceptors (Lipinski definition) is 4. The summed E-state index contributed by atoms with van der Waals surface area (Å²) in [5, 5.41) is 2.23. The summed E-state index contributed by atoms with van der Waals surface area (Å²) in [7, 11) is 0. The standard InChI is InChI=1S/C52H39N4O.Pt/c1-52(2,3)40-27-28-53-51(32-40)56-47-22-11-10-21-45(47)46-26-25-44(34-50(46)56)57-43-20-14-19-41(33-43)54-35-55(49-24-13-12-23-48(49)54)42-30-38(36-15-6-4-7-16-36)29-39(31-42)37-17-8-5-9-18-37;/h4-32,35H,1-3H3;/q-3;. The maximum absolute atomic E-state index is 6.58. The van der Waals surface area contributed by atoms with E-state index in [-0.39, 0.29) is 26.5 Å². The second kappa shape index (κ2) is 15.2. The fraction of sp³-hybridized carbons (Fsp3) is 0.0769. The molecule has 9 aromatic rings. The fourth-order valence-electron chi connectivity index (χ4n) is 7.79. The number of anilines is 4. The van der Waals surface area contributed by atoms with E-state index in [9.17, 15) is 0 Å². The van der Waals surface area contributed by atoms with Gasteiger partial charge in [-0.15, -0.1) is 48.1 Å². The van der Waals surface area contributed by atoms with Crippen LogP contribution in [0.1, 0.15) is 26.3 Å². The topological polar surface area (TPSA) is 33.5 Å². The molecule has 0 aliphatic carbocycles. The molecule has 1 aliphatic rings. The summed E-state index contributed by atoms with van der Waals surface area (Å²) in [6.07, 6.45) is 1.90. The molecule has 0 unspecified atom stereocenters. The number of para-hydroxylation sites is 3. The molecule has 0 radical (unpaired) electrons. The Morgan fingerprint density at radius 2 is 1.19 bits per heavy atom. The Morgan fingerprint density at radius 3 is 1.90 bits per heavy atom. The van der Waals surface area contributed by atoms with Gasteiger partial charge in [0.25, 0.3) is 0 Å². The summed E-state index contributed by atoms with van der Waals surface area (Å²) < 4.78 is 8.77. The van der Waals surface area contributed by atoms with Gasteiger partial charge in [-0.25, -0.2) is 4.98 Å². The minimum Gasteiger partial charge on any atom is -0.509 e. The van der Waals surface area contributed by atoms with Crippen LogP contribution < -0.4 is 14.5 Å². The van der Waals surface area contributed by atoms with Crippen molar-refractivity contribution >= 4 is 44.6 Å². The maximum Gasteiger partial charge on any atom is 0.135 e. The zero-order valence-corrected chi connectivity index (χ0v) is 34.6. The second-order valence-electron chi connectivity index (χ2n) is 15.4. The van der Waals surface area contributed by atoms with E-state index >= 15 is 0 Å². The smallest absolute Gasteiger partial charge is 0.135 e. The third kappa shape index (κ3) is 6.86. The van der Waals surface area contributed by atoms with Gasteiger partial charge in [0.05, 0.1) is 0 Å². The van der Waals surface area contributed by atoms with E-state index in [0.29, 0.717) is 11.5 Å². The van der Waals surface area contributed by atoms with Gasteiger partial charge in [-0.05, 0) is 87.1 Å². The van der Waals surface area contributed by atoms with Crippen LogP contribution in [0, 0.1) is 18.8 Å². The third-order valence-corrected chi connectivity index (χ3v) is 10.7. The van der Waals surface area contributed by atoms with Crippen molar-refractivity contribution in [1.29, 1.82) is 0 Å². The van der Waals surface area contributed by atoms with Crippen molar-refractivity contribution in [3.63, 3.8) is 0 Å². The third-order valence-electron chi connectivity index (χ3n) is 10.7. The molecule has 0 bridgehead atoms. The Labute approximate surface area is 354 Å². The van der Waals surface area contributed by atoms with Crippen LogP contribution in [0.15, 0.2) is 176 Å². The van der Waals surface area contributed by atoms with Gasteiger partial charge in [-0.1, -0.05) is 117 Å². The van der Waals surface area contributed by atoms with Gasteiger partial charge >= 0.3 is 0 Å². The SMILES string of the molecule is CC(C)(C)c1ccnc(-n2c3[c-]c(Oc4[c-]c(N5[CH-]N(c6cc(-c7ccccc7)cc(-c7ccccc7)c6)c6ccccc65)ccc4)ccc3c3ccccc32)c1.[Pt]. The molecule has 0 saturated heterocycles. The number of fused-ring (bicyclic) bond motifs is 4. The van der Waals surface area contributed by atoms with Gasteiger partial charge in [0.2, 0.25) is 0 Å². The summed E-state index contributed by atoms with van der Waals surface area (Å²) in [6.45, 7) is 8.82. The fourth-order valence-corrected chi connectivity index (χ4v) is 7.79. The Balaban J connectivity index is 0.00000436. The Hall–Kier alpha value is -6.42. The van der Waals surface area contributed by atoms with Gasteiger partial charge in [-0.2, -0.15) is 12.1 Å². The molecule has 3 heterocycles. The first-order valence-electron chi connectivity index (χ1n) is 19.3. The first-order valence-corrected chi connectivity index (χ1v) is 19.3. The Bertz CT molecular complexity index is 2860. The molecule has 2 aromatic heterocycles. The minimum atomic E-state index is -0.0170. The number of benzene rings is 7. The molecule has 5 nitrogen and oxygen atoms in total. The van der Waals surface area contributed by atoms with E-state index in [1.54, 1.807) is 0 Å². The number of rotatable bonds is 7. The number of ether oxygens (including phenoxy) is 1. The van der Waals surface area contributed by atoms with Crippen molar-refractivity contribution in [2.75, 3.05) is 9.80 Å². The first-order chi connectivity index (χ1) is 27.9. The summed E-state index contributed by atoms with van der Waals surface area (Å²) in [5.74, 6) is 2.06. The minimum absolute atomic E-state index is 0. The predicted molar refractivity (Wildman–Crippen MR) is 234 cm³/mol.